The lowest BCUT2D eigenvalue weighted by molar-refractivity contribution is -0.117. The summed E-state index contributed by atoms with van der Waals surface area (Å²) < 4.78 is 27.3. The Morgan fingerprint density at radius 2 is 1.49 bits per heavy atom. The number of hydrogen-bond donors (Lipinski definition) is 1. The summed E-state index contributed by atoms with van der Waals surface area (Å²) >= 11 is 0. The van der Waals surface area contributed by atoms with Gasteiger partial charge in [-0.3, -0.25) is 9.69 Å². The van der Waals surface area contributed by atoms with Gasteiger partial charge in [0.15, 0.2) is 0 Å². The van der Waals surface area contributed by atoms with Crippen LogP contribution in [0.15, 0.2) is 47.4 Å². The molecular weight excluding hydrogens is 462 g/mol. The molecule has 0 unspecified atom stereocenters. The van der Waals surface area contributed by atoms with Crippen LogP contribution in [0.5, 0.6) is 0 Å². The molecule has 0 radical (unpaired) electrons. The Labute approximate surface area is 209 Å². The van der Waals surface area contributed by atoms with Gasteiger partial charge in [0.05, 0.1) is 11.4 Å². The lowest BCUT2D eigenvalue weighted by Crippen LogP contribution is -2.50. The number of piperazine rings is 2. The molecule has 2 heterocycles. The third-order valence-electron chi connectivity index (χ3n) is 7.03. The van der Waals surface area contributed by atoms with Crippen LogP contribution in [0.3, 0.4) is 0 Å². The zero-order valence-corrected chi connectivity index (χ0v) is 21.9. The highest BCUT2D eigenvalue weighted by molar-refractivity contribution is 7.89. The first-order valence-electron chi connectivity index (χ1n) is 12.4. The quantitative estimate of drug-likeness (QED) is 0.631. The van der Waals surface area contributed by atoms with Gasteiger partial charge in [-0.25, -0.2) is 8.42 Å². The van der Waals surface area contributed by atoms with Crippen molar-refractivity contribution in [3.8, 4) is 0 Å². The van der Waals surface area contributed by atoms with Crippen LogP contribution >= 0.6 is 0 Å². The highest BCUT2D eigenvalue weighted by Gasteiger charge is 2.29. The third kappa shape index (κ3) is 6.22. The van der Waals surface area contributed by atoms with Crippen molar-refractivity contribution in [2.24, 2.45) is 0 Å². The summed E-state index contributed by atoms with van der Waals surface area (Å²) in [6.07, 6.45) is 0. The highest BCUT2D eigenvalue weighted by Crippen LogP contribution is 2.24. The molecule has 4 rings (SSSR count). The molecule has 2 aromatic rings. The number of nitrogens with zero attached hydrogens (tertiary/aromatic N) is 4. The normalized spacial score (nSPS) is 18.5. The summed E-state index contributed by atoms with van der Waals surface area (Å²) in [5, 5.41) is 3.04. The minimum atomic E-state index is -3.50. The van der Waals surface area contributed by atoms with Gasteiger partial charge in [0.2, 0.25) is 15.9 Å². The lowest BCUT2D eigenvalue weighted by atomic mass is 10.1. The fraction of sp³-hybridized carbons (Fsp3) is 0.500. The van der Waals surface area contributed by atoms with Gasteiger partial charge in [0.1, 0.15) is 0 Å². The standard InChI is InChI=1S/C26H37N5O3S/c1-4-28-11-15-30(16-12-28)23-7-10-25(22(3)19-23)27-26(32)20-29-13-17-31(18-14-29)35(33,34)24-8-5-21(2)6-9-24/h5-10,19H,4,11-18,20H2,1-3H3,(H,27,32). The van der Waals surface area contributed by atoms with Crippen LogP contribution in [0, 0.1) is 13.8 Å². The molecule has 8 nitrogen and oxygen atoms in total. The smallest absolute Gasteiger partial charge is 0.243 e. The summed E-state index contributed by atoms with van der Waals surface area (Å²) in [4.78, 5) is 19.9. The number of carbonyl (C=O) groups excluding carboxylic acids is 1. The van der Waals surface area contributed by atoms with E-state index in [1.807, 2.05) is 36.9 Å². The van der Waals surface area contributed by atoms with Crippen molar-refractivity contribution in [2.45, 2.75) is 25.7 Å². The zero-order chi connectivity index (χ0) is 25.0. The monoisotopic (exact) mass is 499 g/mol. The van der Waals surface area contributed by atoms with Crippen LogP contribution in [0.25, 0.3) is 0 Å². The van der Waals surface area contributed by atoms with Gasteiger partial charge in [-0.15, -0.1) is 0 Å². The van der Waals surface area contributed by atoms with Crippen LogP contribution in [-0.4, -0.2) is 93.9 Å². The van der Waals surface area contributed by atoms with Crippen molar-refractivity contribution < 1.29 is 13.2 Å². The first-order chi connectivity index (χ1) is 16.8. The fourth-order valence-electron chi connectivity index (χ4n) is 4.69. The van der Waals surface area contributed by atoms with Crippen molar-refractivity contribution in [3.05, 3.63) is 53.6 Å². The Morgan fingerprint density at radius 1 is 0.857 bits per heavy atom. The molecule has 0 atom stereocenters. The van der Waals surface area contributed by atoms with Crippen molar-refractivity contribution >= 4 is 27.3 Å². The number of likely N-dealkylation sites (N-methyl/N-ethyl adjacent to an activating group) is 1. The van der Waals surface area contributed by atoms with E-state index in [4.69, 9.17) is 0 Å². The second-order valence-corrected chi connectivity index (χ2v) is 11.4. The van der Waals surface area contributed by atoms with Gasteiger partial charge >= 0.3 is 0 Å². The van der Waals surface area contributed by atoms with Crippen LogP contribution in [-0.2, 0) is 14.8 Å². The number of rotatable bonds is 7. The molecule has 0 spiro atoms. The van der Waals surface area contributed by atoms with E-state index in [0.29, 0.717) is 31.1 Å². The van der Waals surface area contributed by atoms with Gasteiger partial charge in [-0.2, -0.15) is 4.31 Å². The molecule has 2 fully saturated rings. The number of benzene rings is 2. The van der Waals surface area contributed by atoms with Crippen LogP contribution < -0.4 is 10.2 Å². The molecule has 2 aliphatic rings. The van der Waals surface area contributed by atoms with E-state index in [-0.39, 0.29) is 12.5 Å². The van der Waals surface area contributed by atoms with E-state index in [9.17, 15) is 13.2 Å². The number of aryl methyl sites for hydroxylation is 2. The van der Waals surface area contributed by atoms with Gasteiger partial charge in [-0.05, 0) is 56.3 Å². The molecule has 9 heteroatoms. The number of anilines is 2. The maximum Gasteiger partial charge on any atom is 0.243 e. The van der Waals surface area contributed by atoms with Gasteiger partial charge in [-0.1, -0.05) is 24.6 Å². The number of amides is 1. The van der Waals surface area contributed by atoms with Crippen LogP contribution in [0.1, 0.15) is 18.1 Å². The van der Waals surface area contributed by atoms with Crippen molar-refractivity contribution in [3.63, 3.8) is 0 Å². The summed E-state index contributed by atoms with van der Waals surface area (Å²) in [6, 6.07) is 13.2. The maximum atomic E-state index is 12.9. The Kier molecular flexibility index (Phi) is 8.11. The van der Waals surface area contributed by atoms with Crippen molar-refractivity contribution in [2.75, 3.05) is 75.7 Å². The number of sulfonamides is 1. The largest absolute Gasteiger partial charge is 0.369 e. The summed E-state index contributed by atoms with van der Waals surface area (Å²) in [6.45, 7) is 13.5. The molecule has 0 aromatic heterocycles. The minimum absolute atomic E-state index is 0.0766. The Balaban J connectivity index is 1.27. The average Bonchev–Trinajstić information content (AvgIpc) is 2.86. The second kappa shape index (κ2) is 11.1. The van der Waals surface area contributed by atoms with E-state index in [1.54, 1.807) is 12.1 Å². The molecule has 0 bridgehead atoms. The Morgan fingerprint density at radius 3 is 2.09 bits per heavy atom. The van der Waals surface area contributed by atoms with E-state index in [1.165, 1.54) is 9.99 Å². The number of nitrogens with one attached hydrogen (secondary N) is 1. The molecule has 2 aromatic carbocycles. The fourth-order valence-corrected chi connectivity index (χ4v) is 6.11. The Bertz CT molecular complexity index is 1120. The highest BCUT2D eigenvalue weighted by atomic mass is 32.2. The molecule has 35 heavy (non-hydrogen) atoms. The van der Waals surface area contributed by atoms with Crippen LogP contribution in [0.2, 0.25) is 0 Å². The zero-order valence-electron chi connectivity index (χ0n) is 21.0. The molecule has 2 saturated heterocycles. The van der Waals surface area contributed by atoms with Gasteiger partial charge in [0, 0.05) is 63.7 Å². The predicted octanol–water partition coefficient (Wildman–Crippen LogP) is 2.39. The van der Waals surface area contributed by atoms with Crippen molar-refractivity contribution in [1.29, 1.82) is 0 Å². The molecule has 0 saturated carbocycles. The first kappa shape index (κ1) is 25.6. The SMILES string of the molecule is CCN1CCN(c2ccc(NC(=O)CN3CCN(S(=O)(=O)c4ccc(C)cc4)CC3)c(C)c2)CC1. The molecule has 1 N–H and O–H groups in total. The van der Waals surface area contributed by atoms with E-state index in [0.717, 1.165) is 49.5 Å². The molecule has 0 aliphatic carbocycles. The molecular formula is C26H37N5O3S. The van der Waals surface area contributed by atoms with E-state index >= 15 is 0 Å². The van der Waals surface area contributed by atoms with Gasteiger partial charge < -0.3 is 15.1 Å². The average molecular weight is 500 g/mol. The first-order valence-corrected chi connectivity index (χ1v) is 13.9. The van der Waals surface area contributed by atoms with E-state index in [2.05, 4.69) is 34.2 Å². The molecule has 190 valence electrons. The lowest BCUT2D eigenvalue weighted by Gasteiger charge is -2.35. The van der Waals surface area contributed by atoms with Gasteiger partial charge in [0.25, 0.3) is 0 Å². The molecule has 2 aliphatic heterocycles. The Hall–Kier alpha value is -2.46. The van der Waals surface area contributed by atoms with Crippen molar-refractivity contribution in [1.82, 2.24) is 14.1 Å². The predicted molar refractivity (Wildman–Crippen MR) is 141 cm³/mol. The third-order valence-corrected chi connectivity index (χ3v) is 8.94. The van der Waals surface area contributed by atoms with E-state index < -0.39 is 10.0 Å². The number of hydrogen-bond acceptors (Lipinski definition) is 6. The maximum absolute atomic E-state index is 12.9. The summed E-state index contributed by atoms with van der Waals surface area (Å²) in [5.41, 5.74) is 4.09. The summed E-state index contributed by atoms with van der Waals surface area (Å²) in [7, 11) is -3.50. The molecule has 1 amide bonds. The number of carbonyl (C=O) groups is 1. The van der Waals surface area contributed by atoms with Crippen LogP contribution in [0.4, 0.5) is 11.4 Å². The topological polar surface area (TPSA) is 76.2 Å². The minimum Gasteiger partial charge on any atom is -0.369 e. The second-order valence-electron chi connectivity index (χ2n) is 9.46. The summed E-state index contributed by atoms with van der Waals surface area (Å²) in [5.74, 6) is -0.0766.